The molecule has 0 spiro atoms. The van der Waals surface area contributed by atoms with Crippen molar-refractivity contribution in [1.82, 2.24) is 9.55 Å². The molecule has 0 unspecified atom stereocenters. The smallest absolute Gasteiger partial charge is 0.269 e. The number of rotatable bonds is 5. The Morgan fingerprint density at radius 3 is 2.72 bits per heavy atom. The molecule has 1 aromatic carbocycles. The summed E-state index contributed by atoms with van der Waals surface area (Å²) in [6, 6.07) is 5.13. The molecule has 2 aromatic rings. The van der Waals surface area contributed by atoms with Crippen LogP contribution < -0.4 is 20.3 Å². The number of carbonyl (C=O) groups excluding carboxylic acids is 1. The van der Waals surface area contributed by atoms with Gasteiger partial charge >= 0.3 is 0 Å². The molecule has 1 aliphatic rings. The number of nitrogens with zero attached hydrogens (tertiary/aromatic N) is 2. The molecule has 1 aliphatic carbocycles. The Hall–Kier alpha value is -2.83. The van der Waals surface area contributed by atoms with E-state index in [1.165, 1.54) is 17.9 Å². The van der Waals surface area contributed by atoms with Crippen LogP contribution in [0.2, 0.25) is 0 Å². The van der Waals surface area contributed by atoms with Crippen molar-refractivity contribution in [1.29, 1.82) is 0 Å². The second-order valence-electron chi connectivity index (χ2n) is 5.90. The molecule has 0 saturated carbocycles. The summed E-state index contributed by atoms with van der Waals surface area (Å²) in [6.45, 7) is -0.0297. The van der Waals surface area contributed by atoms with Crippen molar-refractivity contribution in [3.8, 4) is 11.5 Å². The Morgan fingerprint density at radius 1 is 1.20 bits per heavy atom. The summed E-state index contributed by atoms with van der Waals surface area (Å²) < 4.78 is 11.9. The number of nitrogens with one attached hydrogen (secondary N) is 1. The average molecular weight is 343 g/mol. The van der Waals surface area contributed by atoms with Gasteiger partial charge < -0.3 is 19.4 Å². The second-order valence-corrected chi connectivity index (χ2v) is 5.90. The molecule has 0 bridgehead atoms. The predicted octanol–water partition coefficient (Wildman–Crippen LogP) is 1.78. The minimum Gasteiger partial charge on any atom is -0.493 e. The van der Waals surface area contributed by atoms with E-state index in [-0.39, 0.29) is 18.0 Å². The number of aryl methyl sites for hydroxylation is 1. The highest BCUT2D eigenvalue weighted by atomic mass is 16.5. The van der Waals surface area contributed by atoms with E-state index in [9.17, 15) is 9.59 Å². The van der Waals surface area contributed by atoms with E-state index in [4.69, 9.17) is 9.47 Å². The van der Waals surface area contributed by atoms with E-state index in [1.807, 2.05) is 0 Å². The summed E-state index contributed by atoms with van der Waals surface area (Å²) in [6.07, 6.45) is 5.01. The molecule has 0 aliphatic heterocycles. The fourth-order valence-electron chi connectivity index (χ4n) is 3.07. The highest BCUT2D eigenvalue weighted by molar-refractivity contribution is 5.91. The van der Waals surface area contributed by atoms with Crippen molar-refractivity contribution in [3.05, 3.63) is 46.1 Å². The Labute approximate surface area is 145 Å². The molecule has 7 heteroatoms. The maximum atomic E-state index is 12.4. The van der Waals surface area contributed by atoms with Crippen molar-refractivity contribution in [2.24, 2.45) is 0 Å². The lowest BCUT2D eigenvalue weighted by Crippen LogP contribution is -2.32. The number of carbonyl (C=O) groups is 1. The normalized spacial score (nSPS) is 13.0. The van der Waals surface area contributed by atoms with E-state index in [0.29, 0.717) is 17.2 Å². The lowest BCUT2D eigenvalue weighted by molar-refractivity contribution is -0.116. The van der Waals surface area contributed by atoms with Gasteiger partial charge in [0.1, 0.15) is 6.54 Å². The fraction of sp³-hybridized carbons (Fsp3) is 0.389. The molecule has 1 amide bonds. The fourth-order valence-corrected chi connectivity index (χ4v) is 3.07. The van der Waals surface area contributed by atoms with Gasteiger partial charge in [-0.15, -0.1) is 0 Å². The van der Waals surface area contributed by atoms with Crippen LogP contribution in [-0.2, 0) is 24.2 Å². The average Bonchev–Trinajstić information content (AvgIpc) is 2.64. The summed E-state index contributed by atoms with van der Waals surface area (Å²) in [5, 5.41) is 2.80. The lowest BCUT2D eigenvalue weighted by Gasteiger charge is -2.19. The zero-order valence-corrected chi connectivity index (χ0v) is 14.4. The van der Waals surface area contributed by atoms with Gasteiger partial charge in [-0.3, -0.25) is 14.6 Å². The van der Waals surface area contributed by atoms with Crippen LogP contribution in [0, 0.1) is 0 Å². The van der Waals surface area contributed by atoms with Crippen molar-refractivity contribution in [2.45, 2.75) is 32.2 Å². The number of hydrogen-bond donors (Lipinski definition) is 1. The minimum atomic E-state index is -0.270. The van der Waals surface area contributed by atoms with Crippen LogP contribution in [0.4, 0.5) is 5.69 Å². The number of ether oxygens (including phenoxy) is 2. The third-order valence-electron chi connectivity index (χ3n) is 4.30. The van der Waals surface area contributed by atoms with Crippen LogP contribution in [0.3, 0.4) is 0 Å². The summed E-state index contributed by atoms with van der Waals surface area (Å²) >= 11 is 0. The number of benzene rings is 1. The van der Waals surface area contributed by atoms with Crippen LogP contribution in [-0.4, -0.2) is 29.7 Å². The van der Waals surface area contributed by atoms with Crippen molar-refractivity contribution >= 4 is 11.6 Å². The molecule has 0 radical (unpaired) electrons. The van der Waals surface area contributed by atoms with Gasteiger partial charge in [-0.05, 0) is 37.8 Å². The Morgan fingerprint density at radius 2 is 1.96 bits per heavy atom. The number of aromatic nitrogens is 2. The number of methoxy groups -OCH3 is 2. The molecule has 0 atom stereocenters. The molecular weight excluding hydrogens is 322 g/mol. The first-order valence-corrected chi connectivity index (χ1v) is 8.22. The van der Waals surface area contributed by atoms with Crippen LogP contribution in [0.5, 0.6) is 11.5 Å². The number of amides is 1. The maximum absolute atomic E-state index is 12.4. The lowest BCUT2D eigenvalue weighted by atomic mass is 10.00. The number of hydrogen-bond acceptors (Lipinski definition) is 5. The molecule has 25 heavy (non-hydrogen) atoms. The van der Waals surface area contributed by atoms with E-state index < -0.39 is 0 Å². The molecule has 1 aromatic heterocycles. The van der Waals surface area contributed by atoms with Gasteiger partial charge in [0.2, 0.25) is 5.91 Å². The predicted molar refractivity (Wildman–Crippen MR) is 93.3 cm³/mol. The molecule has 0 saturated heterocycles. The van der Waals surface area contributed by atoms with Crippen LogP contribution in [0.25, 0.3) is 0 Å². The molecule has 1 heterocycles. The largest absolute Gasteiger partial charge is 0.493 e. The summed E-state index contributed by atoms with van der Waals surface area (Å²) in [5.41, 5.74) is 2.13. The van der Waals surface area contributed by atoms with E-state index in [2.05, 4.69) is 10.3 Å². The molecular formula is C18H21N3O4. The van der Waals surface area contributed by atoms with E-state index >= 15 is 0 Å². The highest BCUT2D eigenvalue weighted by Gasteiger charge is 2.17. The van der Waals surface area contributed by atoms with Gasteiger partial charge in [0, 0.05) is 17.4 Å². The summed E-state index contributed by atoms with van der Waals surface area (Å²) in [4.78, 5) is 28.8. The maximum Gasteiger partial charge on any atom is 0.269 e. The molecule has 7 nitrogen and oxygen atoms in total. The minimum absolute atomic E-state index is 0.0297. The van der Waals surface area contributed by atoms with Gasteiger partial charge in [0.15, 0.2) is 11.5 Å². The van der Waals surface area contributed by atoms with Gasteiger partial charge in [0.05, 0.1) is 26.1 Å². The van der Waals surface area contributed by atoms with E-state index in [0.717, 1.165) is 37.1 Å². The Bertz CT molecular complexity index is 845. The topological polar surface area (TPSA) is 82.5 Å². The van der Waals surface area contributed by atoms with Crippen LogP contribution >= 0.6 is 0 Å². The summed E-state index contributed by atoms with van der Waals surface area (Å²) in [5.74, 6) is 0.840. The van der Waals surface area contributed by atoms with Gasteiger partial charge in [0.25, 0.3) is 5.56 Å². The van der Waals surface area contributed by atoms with Gasteiger partial charge in [-0.25, -0.2) is 0 Å². The van der Waals surface area contributed by atoms with Crippen molar-refractivity contribution < 1.29 is 14.3 Å². The quantitative estimate of drug-likeness (QED) is 0.895. The molecule has 1 N–H and O–H groups in total. The monoisotopic (exact) mass is 343 g/mol. The first-order chi connectivity index (χ1) is 12.1. The zero-order chi connectivity index (χ0) is 17.8. The number of fused-ring (bicyclic) bond motifs is 1. The van der Waals surface area contributed by atoms with E-state index in [1.54, 1.807) is 25.3 Å². The zero-order valence-electron chi connectivity index (χ0n) is 14.4. The molecule has 0 fully saturated rings. The van der Waals surface area contributed by atoms with Crippen molar-refractivity contribution in [3.63, 3.8) is 0 Å². The first kappa shape index (κ1) is 17.0. The summed E-state index contributed by atoms with van der Waals surface area (Å²) in [7, 11) is 3.08. The third kappa shape index (κ3) is 3.65. The van der Waals surface area contributed by atoms with Crippen LogP contribution in [0.15, 0.2) is 29.2 Å². The SMILES string of the molecule is COc1ccc(NC(=O)Cn2c3c(ncc2=O)CCCC3)cc1OC. The third-order valence-corrected chi connectivity index (χ3v) is 4.30. The second kappa shape index (κ2) is 7.38. The molecule has 3 rings (SSSR count). The molecule has 132 valence electrons. The van der Waals surface area contributed by atoms with Crippen LogP contribution in [0.1, 0.15) is 24.2 Å². The Kier molecular flexibility index (Phi) is 5.02. The number of anilines is 1. The highest BCUT2D eigenvalue weighted by Crippen LogP contribution is 2.29. The van der Waals surface area contributed by atoms with Gasteiger partial charge in [-0.2, -0.15) is 0 Å². The standard InChI is InChI=1S/C18H21N3O4/c1-24-15-8-7-12(9-16(15)25-2)20-17(22)11-21-14-6-4-3-5-13(14)19-10-18(21)23/h7-10H,3-6,11H2,1-2H3,(H,20,22). The first-order valence-electron chi connectivity index (χ1n) is 8.22. The Balaban J connectivity index is 1.79. The van der Waals surface area contributed by atoms with Crippen molar-refractivity contribution in [2.75, 3.05) is 19.5 Å². The van der Waals surface area contributed by atoms with Gasteiger partial charge in [-0.1, -0.05) is 0 Å².